The van der Waals surface area contributed by atoms with Crippen LogP contribution in [0.25, 0.3) is 11.1 Å². The first-order valence-electron chi connectivity index (χ1n) is 6.16. The van der Waals surface area contributed by atoms with Crippen molar-refractivity contribution >= 4 is 0 Å². The molecule has 22 heavy (non-hydrogen) atoms. The molecule has 0 fully saturated rings. The average molecular weight is 282 g/mol. The number of phenols is 2. The fourth-order valence-corrected chi connectivity index (χ4v) is 2.07. The van der Waals surface area contributed by atoms with Crippen LogP contribution in [-0.4, -0.2) is 10.2 Å². The molecule has 2 heteroatoms. The second kappa shape index (κ2) is 5.73. The van der Waals surface area contributed by atoms with Crippen LogP contribution in [0.5, 0.6) is 11.5 Å². The van der Waals surface area contributed by atoms with E-state index in [1.807, 2.05) is 0 Å². The van der Waals surface area contributed by atoms with Crippen molar-refractivity contribution in [3.63, 3.8) is 0 Å². The number of hydrogen-bond acceptors (Lipinski definition) is 2. The number of rotatable bonds is 1. The van der Waals surface area contributed by atoms with Gasteiger partial charge in [-0.15, -0.1) is 25.7 Å². The summed E-state index contributed by atoms with van der Waals surface area (Å²) in [6.07, 6.45) is 21.5. The maximum absolute atomic E-state index is 10.3. The van der Waals surface area contributed by atoms with Crippen LogP contribution in [0.3, 0.4) is 0 Å². The fraction of sp³-hybridized carbons (Fsp3) is 0. The van der Waals surface area contributed by atoms with E-state index in [2.05, 4.69) is 23.7 Å². The van der Waals surface area contributed by atoms with Crippen LogP contribution in [0.1, 0.15) is 22.3 Å². The van der Waals surface area contributed by atoms with Gasteiger partial charge in [0.2, 0.25) is 0 Å². The highest BCUT2D eigenvalue weighted by Crippen LogP contribution is 2.40. The molecule has 102 valence electrons. The van der Waals surface area contributed by atoms with Gasteiger partial charge in [0, 0.05) is 22.3 Å². The Hall–Kier alpha value is -3.72. The molecule has 2 aromatic rings. The van der Waals surface area contributed by atoms with Crippen molar-refractivity contribution in [3.8, 4) is 72.0 Å². The predicted octanol–water partition coefficient (Wildman–Crippen LogP) is 2.69. The Morgan fingerprint density at radius 3 is 1.23 bits per heavy atom. The minimum Gasteiger partial charge on any atom is -0.506 e. The molecule has 0 spiro atoms. The number of aromatic hydroxyl groups is 2. The minimum atomic E-state index is -0.172. The molecule has 2 aromatic carbocycles. The van der Waals surface area contributed by atoms with Crippen molar-refractivity contribution in [2.45, 2.75) is 0 Å². The van der Waals surface area contributed by atoms with Gasteiger partial charge in [-0.2, -0.15) is 0 Å². The van der Waals surface area contributed by atoms with Crippen LogP contribution in [0, 0.1) is 49.4 Å². The summed E-state index contributed by atoms with van der Waals surface area (Å²) in [5.74, 6) is 9.25. The molecule has 2 rings (SSSR count). The van der Waals surface area contributed by atoms with E-state index in [4.69, 9.17) is 25.7 Å². The summed E-state index contributed by atoms with van der Waals surface area (Å²) in [7, 11) is 0. The molecular weight excluding hydrogens is 272 g/mol. The summed E-state index contributed by atoms with van der Waals surface area (Å²) >= 11 is 0. The minimum absolute atomic E-state index is 0.172. The lowest BCUT2D eigenvalue weighted by atomic mass is 9.94. The monoisotopic (exact) mass is 282 g/mol. The number of terminal acetylenes is 4. The van der Waals surface area contributed by atoms with Crippen molar-refractivity contribution in [2.24, 2.45) is 0 Å². The number of hydrogen-bond donors (Lipinski definition) is 2. The Labute approximate surface area is 129 Å². The van der Waals surface area contributed by atoms with E-state index in [9.17, 15) is 10.2 Å². The molecule has 0 aromatic heterocycles. The Morgan fingerprint density at radius 1 is 0.591 bits per heavy atom. The maximum atomic E-state index is 10.3. The van der Waals surface area contributed by atoms with Crippen molar-refractivity contribution in [1.29, 1.82) is 0 Å². The zero-order valence-electron chi connectivity index (χ0n) is 11.5. The Balaban J connectivity index is 2.90. The molecule has 0 atom stereocenters. The molecular formula is C20H10O2. The normalized spacial score (nSPS) is 9.09. The first-order chi connectivity index (χ1) is 10.5. The van der Waals surface area contributed by atoms with Crippen molar-refractivity contribution in [1.82, 2.24) is 0 Å². The summed E-state index contributed by atoms with van der Waals surface area (Å²) in [4.78, 5) is 0. The SMILES string of the molecule is C#Cc1cc(C#C)c(O)c(-c2cc(C#C)cc(C#C)c2O)c1. The van der Waals surface area contributed by atoms with E-state index < -0.39 is 0 Å². The van der Waals surface area contributed by atoms with Gasteiger partial charge in [0.15, 0.2) is 0 Å². The Morgan fingerprint density at radius 2 is 0.955 bits per heavy atom. The molecule has 2 nitrogen and oxygen atoms in total. The third-order valence-electron chi connectivity index (χ3n) is 3.15. The standard InChI is InChI=1S/C20H10O2/c1-5-13-9-15(7-3)19(21)17(11-13)18-12-14(6-2)10-16(8-4)20(18)22/h1-4,9-12,21-22H. The van der Waals surface area contributed by atoms with Crippen LogP contribution in [0.2, 0.25) is 0 Å². The summed E-state index contributed by atoms with van der Waals surface area (Å²) in [6.45, 7) is 0. The molecule has 0 aliphatic carbocycles. The quantitative estimate of drug-likeness (QED) is 0.790. The zero-order valence-corrected chi connectivity index (χ0v) is 11.5. The largest absolute Gasteiger partial charge is 0.506 e. The first kappa shape index (κ1) is 14.7. The maximum Gasteiger partial charge on any atom is 0.139 e. The molecule has 0 saturated carbocycles. The van der Waals surface area contributed by atoms with Gasteiger partial charge in [-0.1, -0.05) is 23.7 Å². The highest BCUT2D eigenvalue weighted by Gasteiger charge is 2.16. The van der Waals surface area contributed by atoms with Crippen LogP contribution < -0.4 is 0 Å². The molecule has 0 aliphatic rings. The molecule has 0 amide bonds. The van der Waals surface area contributed by atoms with E-state index >= 15 is 0 Å². The topological polar surface area (TPSA) is 40.5 Å². The molecule has 0 unspecified atom stereocenters. The lowest BCUT2D eigenvalue weighted by molar-refractivity contribution is 0.467. The van der Waals surface area contributed by atoms with E-state index in [-0.39, 0.29) is 33.8 Å². The molecule has 0 heterocycles. The van der Waals surface area contributed by atoms with Crippen molar-refractivity contribution in [2.75, 3.05) is 0 Å². The smallest absolute Gasteiger partial charge is 0.139 e. The summed E-state index contributed by atoms with van der Waals surface area (Å²) in [6, 6.07) is 6.07. The van der Waals surface area contributed by atoms with Crippen LogP contribution in [-0.2, 0) is 0 Å². The molecule has 2 N–H and O–H groups in total. The lowest BCUT2D eigenvalue weighted by Gasteiger charge is -2.12. The summed E-state index contributed by atoms with van der Waals surface area (Å²) in [5.41, 5.74) is 1.92. The molecule has 0 bridgehead atoms. The highest BCUT2D eigenvalue weighted by atomic mass is 16.3. The third-order valence-corrected chi connectivity index (χ3v) is 3.15. The van der Waals surface area contributed by atoms with Crippen molar-refractivity contribution in [3.05, 3.63) is 46.5 Å². The van der Waals surface area contributed by atoms with Gasteiger partial charge < -0.3 is 10.2 Å². The van der Waals surface area contributed by atoms with Crippen LogP contribution in [0.15, 0.2) is 24.3 Å². The van der Waals surface area contributed by atoms with Crippen LogP contribution in [0.4, 0.5) is 0 Å². The summed E-state index contributed by atoms with van der Waals surface area (Å²) < 4.78 is 0. The second-order valence-corrected chi connectivity index (χ2v) is 4.42. The lowest BCUT2D eigenvalue weighted by Crippen LogP contribution is -1.91. The van der Waals surface area contributed by atoms with Gasteiger partial charge in [-0.3, -0.25) is 0 Å². The Bertz CT molecular complexity index is 857. The predicted molar refractivity (Wildman–Crippen MR) is 86.9 cm³/mol. The number of phenolic OH excluding ortho intramolecular Hbond substituents is 2. The average Bonchev–Trinajstić information content (AvgIpc) is 2.55. The van der Waals surface area contributed by atoms with Crippen molar-refractivity contribution < 1.29 is 10.2 Å². The third kappa shape index (κ3) is 2.34. The first-order valence-corrected chi connectivity index (χ1v) is 6.16. The van der Waals surface area contributed by atoms with E-state index in [0.717, 1.165) is 0 Å². The number of benzene rings is 2. The van der Waals surface area contributed by atoms with Gasteiger partial charge in [0.1, 0.15) is 11.5 Å². The second-order valence-electron chi connectivity index (χ2n) is 4.42. The molecule has 0 saturated heterocycles. The fourth-order valence-electron chi connectivity index (χ4n) is 2.07. The highest BCUT2D eigenvalue weighted by molar-refractivity contribution is 5.82. The van der Waals surface area contributed by atoms with E-state index in [1.54, 1.807) is 0 Å². The van der Waals surface area contributed by atoms with Gasteiger partial charge in [0.05, 0.1) is 11.1 Å². The van der Waals surface area contributed by atoms with Gasteiger partial charge >= 0.3 is 0 Å². The van der Waals surface area contributed by atoms with Gasteiger partial charge in [0.25, 0.3) is 0 Å². The van der Waals surface area contributed by atoms with Gasteiger partial charge in [-0.05, 0) is 24.3 Å². The molecule has 0 aliphatic heterocycles. The van der Waals surface area contributed by atoms with E-state index in [0.29, 0.717) is 11.1 Å². The zero-order chi connectivity index (χ0) is 16.3. The summed E-state index contributed by atoms with van der Waals surface area (Å²) in [5, 5.41) is 20.6. The van der Waals surface area contributed by atoms with Crippen LogP contribution >= 0.6 is 0 Å². The Kier molecular flexibility index (Phi) is 3.82. The van der Waals surface area contributed by atoms with E-state index in [1.165, 1.54) is 24.3 Å². The van der Waals surface area contributed by atoms with Gasteiger partial charge in [-0.25, -0.2) is 0 Å². The molecule has 0 radical (unpaired) electrons.